The molecule has 0 fully saturated rings. The van der Waals surface area contributed by atoms with Gasteiger partial charge in [-0.05, 0) is 24.5 Å². The summed E-state index contributed by atoms with van der Waals surface area (Å²) in [6.45, 7) is 3.76. The molecular formula is C11H15NO3. The van der Waals surface area contributed by atoms with E-state index in [2.05, 4.69) is 4.98 Å². The first-order valence-corrected chi connectivity index (χ1v) is 4.77. The quantitative estimate of drug-likeness (QED) is 0.823. The van der Waals surface area contributed by atoms with E-state index in [1.165, 1.54) is 0 Å². The van der Waals surface area contributed by atoms with Gasteiger partial charge in [0, 0.05) is 11.8 Å². The van der Waals surface area contributed by atoms with Crippen LogP contribution >= 0.6 is 0 Å². The zero-order valence-corrected chi connectivity index (χ0v) is 9.15. The van der Waals surface area contributed by atoms with Crippen molar-refractivity contribution >= 4 is 5.97 Å². The lowest BCUT2D eigenvalue weighted by Gasteiger charge is -2.11. The van der Waals surface area contributed by atoms with Crippen LogP contribution in [0.2, 0.25) is 0 Å². The molecule has 0 aliphatic rings. The highest BCUT2D eigenvalue weighted by Gasteiger charge is 2.12. The second-order valence-corrected chi connectivity index (χ2v) is 3.59. The van der Waals surface area contributed by atoms with Crippen LogP contribution in [0.4, 0.5) is 0 Å². The Morgan fingerprint density at radius 3 is 2.80 bits per heavy atom. The van der Waals surface area contributed by atoms with Gasteiger partial charge in [-0.2, -0.15) is 0 Å². The first-order chi connectivity index (χ1) is 7.04. The summed E-state index contributed by atoms with van der Waals surface area (Å²) in [5.41, 5.74) is 1.85. The van der Waals surface area contributed by atoms with Gasteiger partial charge in [0.1, 0.15) is 0 Å². The maximum absolute atomic E-state index is 10.5. The summed E-state index contributed by atoms with van der Waals surface area (Å²) in [6.07, 6.45) is 1.78. The first-order valence-electron chi connectivity index (χ1n) is 4.77. The number of hydrogen-bond donors (Lipinski definition) is 1. The number of ether oxygens (including phenoxy) is 1. The molecule has 0 aliphatic heterocycles. The molecule has 0 aromatic carbocycles. The van der Waals surface area contributed by atoms with Crippen LogP contribution in [0, 0.1) is 6.92 Å². The van der Waals surface area contributed by atoms with Crippen molar-refractivity contribution in [1.29, 1.82) is 0 Å². The van der Waals surface area contributed by atoms with Gasteiger partial charge in [0.25, 0.3) is 0 Å². The molecule has 1 unspecified atom stereocenters. The number of aromatic nitrogens is 1. The van der Waals surface area contributed by atoms with Gasteiger partial charge in [-0.3, -0.25) is 4.79 Å². The molecule has 0 bridgehead atoms. The van der Waals surface area contributed by atoms with E-state index in [0.717, 1.165) is 11.1 Å². The fourth-order valence-corrected chi connectivity index (χ4v) is 1.45. The van der Waals surface area contributed by atoms with Gasteiger partial charge in [-0.1, -0.05) is 6.92 Å². The molecule has 1 heterocycles. The minimum atomic E-state index is -0.795. The zero-order chi connectivity index (χ0) is 11.4. The van der Waals surface area contributed by atoms with Gasteiger partial charge in [0.15, 0.2) is 0 Å². The molecule has 1 aromatic heterocycles. The molecule has 0 saturated carbocycles. The Labute approximate surface area is 88.9 Å². The van der Waals surface area contributed by atoms with E-state index >= 15 is 0 Å². The highest BCUT2D eigenvalue weighted by Crippen LogP contribution is 2.22. The number of carboxylic acid groups (broad SMARTS) is 1. The molecule has 0 spiro atoms. The van der Waals surface area contributed by atoms with Crippen LogP contribution in [-0.4, -0.2) is 23.2 Å². The lowest BCUT2D eigenvalue weighted by Crippen LogP contribution is -2.04. The summed E-state index contributed by atoms with van der Waals surface area (Å²) in [5.74, 6) is -0.239. The van der Waals surface area contributed by atoms with Crippen molar-refractivity contribution in [3.63, 3.8) is 0 Å². The summed E-state index contributed by atoms with van der Waals surface area (Å²) in [5, 5.41) is 8.67. The topological polar surface area (TPSA) is 59.4 Å². The fraction of sp³-hybridized carbons (Fsp3) is 0.455. The van der Waals surface area contributed by atoms with Crippen LogP contribution in [0.15, 0.2) is 12.3 Å². The monoisotopic (exact) mass is 209 g/mol. The number of aliphatic carboxylic acids is 1. The summed E-state index contributed by atoms with van der Waals surface area (Å²) in [6, 6.07) is 1.92. The third kappa shape index (κ3) is 2.94. The average Bonchev–Trinajstić information content (AvgIpc) is 2.16. The number of rotatable bonds is 4. The predicted molar refractivity (Wildman–Crippen MR) is 56.2 cm³/mol. The fourth-order valence-electron chi connectivity index (χ4n) is 1.45. The number of carbonyl (C=O) groups is 1. The Morgan fingerprint density at radius 1 is 1.67 bits per heavy atom. The minimum absolute atomic E-state index is 0.0281. The van der Waals surface area contributed by atoms with Crippen molar-refractivity contribution in [3.05, 3.63) is 23.4 Å². The normalized spacial score (nSPS) is 12.2. The molecule has 0 saturated heterocycles. The Hall–Kier alpha value is -1.58. The Bertz CT molecular complexity index is 363. The van der Waals surface area contributed by atoms with E-state index in [-0.39, 0.29) is 12.3 Å². The van der Waals surface area contributed by atoms with E-state index in [1.807, 2.05) is 19.9 Å². The van der Waals surface area contributed by atoms with Crippen molar-refractivity contribution in [2.24, 2.45) is 0 Å². The molecular weight excluding hydrogens is 194 g/mol. The third-order valence-electron chi connectivity index (χ3n) is 2.29. The van der Waals surface area contributed by atoms with Crippen LogP contribution in [0.25, 0.3) is 0 Å². The maximum atomic E-state index is 10.5. The third-order valence-corrected chi connectivity index (χ3v) is 2.29. The molecule has 82 valence electrons. The second kappa shape index (κ2) is 4.77. The van der Waals surface area contributed by atoms with E-state index in [9.17, 15) is 4.79 Å². The lowest BCUT2D eigenvalue weighted by molar-refractivity contribution is -0.137. The van der Waals surface area contributed by atoms with Crippen molar-refractivity contribution in [1.82, 2.24) is 4.98 Å². The van der Waals surface area contributed by atoms with E-state index in [4.69, 9.17) is 9.84 Å². The first kappa shape index (κ1) is 11.5. The number of aryl methyl sites for hydroxylation is 1. The minimum Gasteiger partial charge on any atom is -0.481 e. The molecule has 4 nitrogen and oxygen atoms in total. The smallest absolute Gasteiger partial charge is 0.303 e. The maximum Gasteiger partial charge on any atom is 0.303 e. The standard InChI is InChI=1S/C11H15NO3/c1-7(5-10(13)14)9-4-8(2)11(15-3)12-6-9/h4,6-7H,5H2,1-3H3,(H,13,14). The Balaban J connectivity index is 2.87. The van der Waals surface area contributed by atoms with Crippen molar-refractivity contribution in [2.75, 3.05) is 7.11 Å². The van der Waals surface area contributed by atoms with E-state index in [1.54, 1.807) is 13.3 Å². The molecule has 1 N–H and O–H groups in total. The zero-order valence-electron chi connectivity index (χ0n) is 9.15. The molecule has 0 aliphatic carbocycles. The summed E-state index contributed by atoms with van der Waals surface area (Å²) in [4.78, 5) is 14.7. The molecule has 0 amide bonds. The highest BCUT2D eigenvalue weighted by molar-refractivity contribution is 5.67. The number of hydrogen-bond acceptors (Lipinski definition) is 3. The number of pyridine rings is 1. The molecule has 1 aromatic rings. The van der Waals surface area contributed by atoms with Crippen LogP contribution in [0.5, 0.6) is 5.88 Å². The molecule has 4 heteroatoms. The van der Waals surface area contributed by atoms with Gasteiger partial charge in [-0.25, -0.2) is 4.98 Å². The van der Waals surface area contributed by atoms with Crippen LogP contribution < -0.4 is 4.74 Å². The van der Waals surface area contributed by atoms with Gasteiger partial charge in [0.05, 0.1) is 13.5 Å². The van der Waals surface area contributed by atoms with E-state index < -0.39 is 5.97 Å². The van der Waals surface area contributed by atoms with Crippen LogP contribution in [-0.2, 0) is 4.79 Å². The SMILES string of the molecule is COc1ncc(C(C)CC(=O)O)cc1C. The van der Waals surface area contributed by atoms with Gasteiger partial charge < -0.3 is 9.84 Å². The largest absolute Gasteiger partial charge is 0.481 e. The number of methoxy groups -OCH3 is 1. The summed E-state index contributed by atoms with van der Waals surface area (Å²) < 4.78 is 5.03. The average molecular weight is 209 g/mol. The molecule has 15 heavy (non-hydrogen) atoms. The van der Waals surface area contributed by atoms with Crippen LogP contribution in [0.3, 0.4) is 0 Å². The predicted octanol–water partition coefficient (Wildman–Crippen LogP) is 1.98. The Kier molecular flexibility index (Phi) is 3.66. The Morgan fingerprint density at radius 2 is 2.33 bits per heavy atom. The van der Waals surface area contributed by atoms with Crippen molar-refractivity contribution in [2.45, 2.75) is 26.2 Å². The van der Waals surface area contributed by atoms with Crippen molar-refractivity contribution in [3.8, 4) is 5.88 Å². The summed E-state index contributed by atoms with van der Waals surface area (Å²) >= 11 is 0. The lowest BCUT2D eigenvalue weighted by atomic mass is 9.98. The van der Waals surface area contributed by atoms with Gasteiger partial charge >= 0.3 is 5.97 Å². The molecule has 1 atom stereocenters. The van der Waals surface area contributed by atoms with Crippen molar-refractivity contribution < 1.29 is 14.6 Å². The number of carboxylic acids is 1. The van der Waals surface area contributed by atoms with Gasteiger partial charge in [0.2, 0.25) is 5.88 Å². The second-order valence-electron chi connectivity index (χ2n) is 3.59. The molecule has 0 radical (unpaired) electrons. The highest BCUT2D eigenvalue weighted by atomic mass is 16.5. The summed E-state index contributed by atoms with van der Waals surface area (Å²) in [7, 11) is 1.57. The van der Waals surface area contributed by atoms with E-state index in [0.29, 0.717) is 5.88 Å². The molecule has 1 rings (SSSR count). The number of nitrogens with zero attached hydrogens (tertiary/aromatic N) is 1. The van der Waals surface area contributed by atoms with Gasteiger partial charge in [-0.15, -0.1) is 0 Å². The van der Waals surface area contributed by atoms with Crippen LogP contribution in [0.1, 0.15) is 30.4 Å².